The number of benzene rings is 1. The first-order valence-corrected chi connectivity index (χ1v) is 7.35. The van der Waals surface area contributed by atoms with Gasteiger partial charge in [-0.3, -0.25) is 24.3 Å². The summed E-state index contributed by atoms with van der Waals surface area (Å²) in [4.78, 5) is 38.8. The summed E-state index contributed by atoms with van der Waals surface area (Å²) >= 11 is 1.35. The highest BCUT2D eigenvalue weighted by Crippen LogP contribution is 2.21. The van der Waals surface area contributed by atoms with Gasteiger partial charge in [-0.15, -0.1) is 11.3 Å². The van der Waals surface area contributed by atoms with Crippen LogP contribution in [0.25, 0.3) is 10.2 Å². The highest BCUT2D eigenvalue weighted by Gasteiger charge is 2.17. The zero-order chi connectivity index (χ0) is 16.6. The first-order valence-electron chi connectivity index (χ1n) is 6.47. The van der Waals surface area contributed by atoms with E-state index in [4.69, 9.17) is 5.73 Å². The van der Waals surface area contributed by atoms with Crippen molar-refractivity contribution in [3.8, 4) is 0 Å². The van der Waals surface area contributed by atoms with Crippen molar-refractivity contribution < 1.29 is 9.72 Å². The Labute approximate surface area is 133 Å². The Morgan fingerprint density at radius 2 is 2.17 bits per heavy atom. The summed E-state index contributed by atoms with van der Waals surface area (Å²) in [6.07, 6.45) is 1.35. The van der Waals surface area contributed by atoms with Crippen LogP contribution in [0.3, 0.4) is 0 Å². The van der Waals surface area contributed by atoms with Crippen LogP contribution in [0, 0.1) is 10.1 Å². The molecule has 2 N–H and O–H groups in total. The molecule has 2 heterocycles. The lowest BCUT2D eigenvalue weighted by atomic mass is 10.1. The van der Waals surface area contributed by atoms with Gasteiger partial charge in [-0.2, -0.15) is 0 Å². The monoisotopic (exact) mass is 330 g/mol. The summed E-state index contributed by atoms with van der Waals surface area (Å²) < 4.78 is 1.29. The van der Waals surface area contributed by atoms with E-state index in [0.717, 1.165) is 6.07 Å². The Kier molecular flexibility index (Phi) is 3.62. The molecule has 0 unspecified atom stereocenters. The molecule has 9 heteroatoms. The van der Waals surface area contributed by atoms with Crippen molar-refractivity contribution in [2.75, 3.05) is 0 Å². The molecule has 0 radical (unpaired) electrons. The van der Waals surface area contributed by atoms with E-state index in [9.17, 15) is 19.7 Å². The fourth-order valence-electron chi connectivity index (χ4n) is 2.21. The molecule has 0 fully saturated rings. The van der Waals surface area contributed by atoms with Gasteiger partial charge in [0.2, 0.25) is 5.91 Å². The normalized spacial score (nSPS) is 10.8. The average Bonchev–Trinajstić information content (AvgIpc) is 2.99. The summed E-state index contributed by atoms with van der Waals surface area (Å²) in [7, 11) is 0. The van der Waals surface area contributed by atoms with E-state index in [2.05, 4.69) is 4.98 Å². The van der Waals surface area contributed by atoms with Crippen LogP contribution >= 0.6 is 11.3 Å². The molecule has 0 saturated heterocycles. The maximum Gasteiger partial charge on any atom is 0.275 e. The minimum atomic E-state index is -0.752. The zero-order valence-electron chi connectivity index (χ0n) is 11.6. The number of nitrogens with two attached hydrogens (primary N) is 1. The van der Waals surface area contributed by atoms with Crippen LogP contribution in [0.4, 0.5) is 5.69 Å². The summed E-state index contributed by atoms with van der Waals surface area (Å²) in [5, 5.41) is 13.4. The van der Waals surface area contributed by atoms with Gasteiger partial charge < -0.3 is 5.73 Å². The van der Waals surface area contributed by atoms with E-state index in [0.29, 0.717) is 15.8 Å². The number of fused-ring (bicyclic) bond motifs is 1. The van der Waals surface area contributed by atoms with Crippen LogP contribution in [-0.4, -0.2) is 20.4 Å². The predicted molar refractivity (Wildman–Crippen MR) is 84.6 cm³/mol. The number of carbonyl (C=O) groups excluding carboxylic acids is 1. The molecule has 3 aromatic rings. The van der Waals surface area contributed by atoms with Crippen molar-refractivity contribution in [2.45, 2.75) is 6.54 Å². The minimum absolute atomic E-state index is 0.0209. The van der Waals surface area contributed by atoms with Crippen molar-refractivity contribution in [1.29, 1.82) is 0 Å². The quantitative estimate of drug-likeness (QED) is 0.574. The third kappa shape index (κ3) is 2.69. The molecule has 0 saturated carbocycles. The molecule has 0 aliphatic rings. The smallest absolute Gasteiger partial charge is 0.275 e. The SMILES string of the molecule is NC(=O)c1ccc(Cn2cnc3sccc3c2=O)c([N+](=O)[O-])c1. The molecule has 8 nitrogen and oxygen atoms in total. The summed E-state index contributed by atoms with van der Waals surface area (Å²) in [5.41, 5.74) is 4.93. The van der Waals surface area contributed by atoms with Crippen molar-refractivity contribution >= 4 is 33.1 Å². The van der Waals surface area contributed by atoms with Crippen LogP contribution in [0.2, 0.25) is 0 Å². The van der Waals surface area contributed by atoms with Gasteiger partial charge in [-0.05, 0) is 23.6 Å². The summed E-state index contributed by atoms with van der Waals surface area (Å²) in [6, 6.07) is 5.59. The number of rotatable bonds is 4. The molecular weight excluding hydrogens is 320 g/mol. The molecular formula is C14H10N4O4S. The number of hydrogen-bond donors (Lipinski definition) is 1. The average molecular weight is 330 g/mol. The zero-order valence-corrected chi connectivity index (χ0v) is 12.4. The van der Waals surface area contributed by atoms with E-state index in [-0.39, 0.29) is 23.4 Å². The van der Waals surface area contributed by atoms with E-state index >= 15 is 0 Å². The van der Waals surface area contributed by atoms with Gasteiger partial charge in [-0.25, -0.2) is 4.98 Å². The first kappa shape index (κ1) is 14.9. The summed E-state index contributed by atoms with van der Waals surface area (Å²) in [5.74, 6) is -0.752. The van der Waals surface area contributed by atoms with Gasteiger partial charge in [0.05, 0.1) is 23.2 Å². The number of hydrogen-bond acceptors (Lipinski definition) is 6. The predicted octanol–water partition coefficient (Wildman–Crippen LogP) is 1.51. The third-order valence-corrected chi connectivity index (χ3v) is 4.18. The van der Waals surface area contributed by atoms with Crippen LogP contribution < -0.4 is 11.3 Å². The van der Waals surface area contributed by atoms with E-state index in [1.165, 1.54) is 34.4 Å². The van der Waals surface area contributed by atoms with Gasteiger partial charge in [-0.1, -0.05) is 0 Å². The largest absolute Gasteiger partial charge is 0.366 e. The Morgan fingerprint density at radius 1 is 1.39 bits per heavy atom. The van der Waals surface area contributed by atoms with Crippen LogP contribution in [0.15, 0.2) is 40.8 Å². The fourth-order valence-corrected chi connectivity index (χ4v) is 2.93. The molecule has 2 aromatic heterocycles. The topological polar surface area (TPSA) is 121 Å². The molecule has 1 aromatic carbocycles. The number of nitro groups is 1. The summed E-state index contributed by atoms with van der Waals surface area (Å²) in [6.45, 7) is -0.0209. The lowest BCUT2D eigenvalue weighted by Gasteiger charge is -2.07. The van der Waals surface area contributed by atoms with E-state index < -0.39 is 10.8 Å². The number of nitro benzene ring substituents is 1. The standard InChI is InChI=1S/C14H10N4O4S/c15-12(19)8-1-2-9(11(5-8)18(21)22)6-17-7-16-13-10(14(17)20)3-4-23-13/h1-5,7H,6H2,(H2,15,19). The molecule has 0 atom stereocenters. The third-order valence-electron chi connectivity index (χ3n) is 3.36. The van der Waals surface area contributed by atoms with Crippen molar-refractivity contribution in [1.82, 2.24) is 9.55 Å². The van der Waals surface area contributed by atoms with Gasteiger partial charge in [0, 0.05) is 17.2 Å². The van der Waals surface area contributed by atoms with Gasteiger partial charge >= 0.3 is 0 Å². The van der Waals surface area contributed by atoms with Gasteiger partial charge in [0.1, 0.15) is 4.83 Å². The molecule has 0 aliphatic heterocycles. The highest BCUT2D eigenvalue weighted by atomic mass is 32.1. The Balaban J connectivity index is 2.07. The Hall–Kier alpha value is -3.07. The van der Waals surface area contributed by atoms with Crippen molar-refractivity contribution in [3.05, 3.63) is 67.6 Å². The number of carbonyl (C=O) groups is 1. The number of primary amides is 1. The number of thiophene rings is 1. The lowest BCUT2D eigenvalue weighted by Crippen LogP contribution is -2.21. The van der Waals surface area contributed by atoms with Crippen LogP contribution in [0.1, 0.15) is 15.9 Å². The molecule has 0 spiro atoms. The van der Waals surface area contributed by atoms with Gasteiger partial charge in [0.15, 0.2) is 0 Å². The second-order valence-corrected chi connectivity index (χ2v) is 5.68. The Bertz CT molecular complexity index is 992. The number of aromatic nitrogens is 2. The van der Waals surface area contributed by atoms with Crippen LogP contribution in [-0.2, 0) is 6.54 Å². The molecule has 116 valence electrons. The Morgan fingerprint density at radius 3 is 2.87 bits per heavy atom. The minimum Gasteiger partial charge on any atom is -0.366 e. The number of nitrogens with zero attached hydrogens (tertiary/aromatic N) is 3. The number of amides is 1. The molecule has 23 heavy (non-hydrogen) atoms. The lowest BCUT2D eigenvalue weighted by molar-refractivity contribution is -0.385. The fraction of sp³-hybridized carbons (Fsp3) is 0.0714. The molecule has 0 aliphatic carbocycles. The second-order valence-electron chi connectivity index (χ2n) is 4.78. The van der Waals surface area contributed by atoms with Crippen molar-refractivity contribution in [2.24, 2.45) is 5.73 Å². The highest BCUT2D eigenvalue weighted by molar-refractivity contribution is 7.16. The maximum atomic E-state index is 12.3. The van der Waals surface area contributed by atoms with Crippen LogP contribution in [0.5, 0.6) is 0 Å². The molecule has 0 bridgehead atoms. The second kappa shape index (κ2) is 5.61. The maximum absolute atomic E-state index is 12.3. The molecule has 3 rings (SSSR count). The van der Waals surface area contributed by atoms with E-state index in [1.807, 2.05) is 0 Å². The molecule has 1 amide bonds. The van der Waals surface area contributed by atoms with Gasteiger partial charge in [0.25, 0.3) is 11.2 Å². The van der Waals surface area contributed by atoms with Crippen molar-refractivity contribution in [3.63, 3.8) is 0 Å². The van der Waals surface area contributed by atoms with E-state index in [1.54, 1.807) is 11.4 Å². The first-order chi connectivity index (χ1) is 11.0.